The van der Waals surface area contributed by atoms with Crippen LogP contribution in [0.4, 0.5) is 0 Å². The van der Waals surface area contributed by atoms with Gasteiger partial charge in [-0.3, -0.25) is 4.79 Å². The van der Waals surface area contributed by atoms with Gasteiger partial charge in [-0.1, -0.05) is 29.8 Å². The molecule has 0 aromatic heterocycles. The third-order valence-electron chi connectivity index (χ3n) is 2.02. The average Bonchev–Trinajstić information content (AvgIpc) is 2.26. The fourth-order valence-corrected chi connectivity index (χ4v) is 2.35. The summed E-state index contributed by atoms with van der Waals surface area (Å²) in [5.74, 6) is -2.22. The smallest absolute Gasteiger partial charge is 0.326 e. The summed E-state index contributed by atoms with van der Waals surface area (Å²) < 4.78 is 24.7. The van der Waals surface area contributed by atoms with Crippen molar-refractivity contribution in [2.24, 2.45) is 0 Å². The number of rotatable bonds is 5. The summed E-state index contributed by atoms with van der Waals surface area (Å²) in [7, 11) is -3.99. The van der Waals surface area contributed by atoms with Crippen molar-refractivity contribution in [1.82, 2.24) is 4.72 Å². The zero-order valence-corrected chi connectivity index (χ0v) is 10.6. The molecular formula is C10H9ClN2O4S. The third-order valence-corrected chi connectivity index (χ3v) is 3.46. The zero-order valence-electron chi connectivity index (χ0n) is 9.00. The number of carbonyl (C=O) groups is 1. The van der Waals surface area contributed by atoms with Gasteiger partial charge in [0.25, 0.3) is 0 Å². The molecule has 0 radical (unpaired) electrons. The first-order valence-electron chi connectivity index (χ1n) is 4.71. The molecule has 0 spiro atoms. The standard InChI is InChI=1S/C10H9ClN2O4S/c11-8-4-2-1-3-7(8)9(10(14)15)13-18(16,17)6-5-12/h1-4,9,13H,6H2,(H,14,15)/t9-/m1/s1. The normalized spacial score (nSPS) is 12.7. The van der Waals surface area contributed by atoms with E-state index in [1.165, 1.54) is 24.3 Å². The van der Waals surface area contributed by atoms with Gasteiger partial charge in [0.15, 0.2) is 5.75 Å². The molecule has 0 amide bonds. The van der Waals surface area contributed by atoms with E-state index < -0.39 is 27.8 Å². The van der Waals surface area contributed by atoms with Crippen molar-refractivity contribution in [3.05, 3.63) is 34.9 Å². The van der Waals surface area contributed by atoms with Crippen LogP contribution in [0.1, 0.15) is 11.6 Å². The van der Waals surface area contributed by atoms with E-state index in [1.807, 2.05) is 4.72 Å². The number of halogens is 1. The Morgan fingerprint density at radius 2 is 2.11 bits per heavy atom. The Morgan fingerprint density at radius 1 is 1.50 bits per heavy atom. The molecular weight excluding hydrogens is 280 g/mol. The maximum atomic E-state index is 11.4. The average molecular weight is 289 g/mol. The van der Waals surface area contributed by atoms with Gasteiger partial charge in [-0.05, 0) is 11.6 Å². The molecule has 6 nitrogen and oxygen atoms in total. The summed E-state index contributed by atoms with van der Waals surface area (Å²) in [6.45, 7) is 0. The summed E-state index contributed by atoms with van der Waals surface area (Å²) in [6, 6.07) is 5.90. The highest BCUT2D eigenvalue weighted by molar-refractivity contribution is 7.89. The van der Waals surface area contributed by atoms with Crippen molar-refractivity contribution in [2.45, 2.75) is 6.04 Å². The molecule has 0 aliphatic rings. The van der Waals surface area contributed by atoms with Crippen LogP contribution < -0.4 is 4.72 Å². The van der Waals surface area contributed by atoms with Crippen LogP contribution in [0.2, 0.25) is 5.02 Å². The number of hydrogen-bond acceptors (Lipinski definition) is 4. The van der Waals surface area contributed by atoms with Crippen molar-refractivity contribution >= 4 is 27.6 Å². The van der Waals surface area contributed by atoms with E-state index in [9.17, 15) is 13.2 Å². The minimum absolute atomic E-state index is 0.119. The Balaban J connectivity index is 3.11. The van der Waals surface area contributed by atoms with E-state index >= 15 is 0 Å². The SMILES string of the molecule is N#CCS(=O)(=O)N[C@@H](C(=O)O)c1ccccc1Cl. The van der Waals surface area contributed by atoms with Crippen LogP contribution in [-0.2, 0) is 14.8 Å². The number of nitrogens with one attached hydrogen (secondary N) is 1. The second kappa shape index (κ2) is 5.82. The molecule has 0 heterocycles. The molecule has 0 bridgehead atoms. The molecule has 1 atom stereocenters. The van der Waals surface area contributed by atoms with Crippen molar-refractivity contribution in [3.63, 3.8) is 0 Å². The van der Waals surface area contributed by atoms with Crippen LogP contribution in [0.15, 0.2) is 24.3 Å². The lowest BCUT2D eigenvalue weighted by Gasteiger charge is -2.15. The lowest BCUT2D eigenvalue weighted by atomic mass is 10.1. The molecule has 0 aliphatic carbocycles. The Hall–Kier alpha value is -1.62. The molecule has 0 saturated carbocycles. The van der Waals surface area contributed by atoms with E-state index in [-0.39, 0.29) is 10.6 Å². The highest BCUT2D eigenvalue weighted by atomic mass is 35.5. The van der Waals surface area contributed by atoms with E-state index in [4.69, 9.17) is 22.0 Å². The number of aliphatic carboxylic acids is 1. The first-order valence-corrected chi connectivity index (χ1v) is 6.74. The summed E-state index contributed by atoms with van der Waals surface area (Å²) >= 11 is 5.81. The lowest BCUT2D eigenvalue weighted by Crippen LogP contribution is -2.35. The fourth-order valence-electron chi connectivity index (χ4n) is 1.26. The molecule has 18 heavy (non-hydrogen) atoms. The molecule has 0 saturated heterocycles. The number of carboxylic acid groups (broad SMARTS) is 1. The predicted octanol–water partition coefficient (Wildman–Crippen LogP) is 0.909. The minimum Gasteiger partial charge on any atom is -0.480 e. The Kier molecular flexibility index (Phi) is 4.67. The highest BCUT2D eigenvalue weighted by Gasteiger charge is 2.27. The second-order valence-electron chi connectivity index (χ2n) is 3.33. The van der Waals surface area contributed by atoms with Gasteiger partial charge >= 0.3 is 5.97 Å². The zero-order chi connectivity index (χ0) is 13.8. The summed E-state index contributed by atoms with van der Waals surface area (Å²) in [5, 5.41) is 17.5. The predicted molar refractivity (Wildman–Crippen MR) is 64.4 cm³/mol. The molecule has 2 N–H and O–H groups in total. The van der Waals surface area contributed by atoms with E-state index in [0.29, 0.717) is 0 Å². The van der Waals surface area contributed by atoms with Crippen LogP contribution in [0.3, 0.4) is 0 Å². The van der Waals surface area contributed by atoms with Crippen molar-refractivity contribution in [1.29, 1.82) is 5.26 Å². The summed E-state index contributed by atoms with van der Waals surface area (Å²) in [4.78, 5) is 11.1. The topological polar surface area (TPSA) is 107 Å². The van der Waals surface area contributed by atoms with Crippen LogP contribution in [0.5, 0.6) is 0 Å². The number of hydrogen-bond donors (Lipinski definition) is 2. The first-order chi connectivity index (χ1) is 8.37. The first kappa shape index (κ1) is 14.4. The van der Waals surface area contributed by atoms with Gasteiger partial charge in [-0.25, -0.2) is 8.42 Å². The highest BCUT2D eigenvalue weighted by Crippen LogP contribution is 2.23. The molecule has 1 aromatic carbocycles. The van der Waals surface area contributed by atoms with Crippen molar-refractivity contribution in [3.8, 4) is 6.07 Å². The number of sulfonamides is 1. The van der Waals surface area contributed by atoms with Gasteiger partial charge in [0, 0.05) is 5.02 Å². The molecule has 0 aliphatic heterocycles. The lowest BCUT2D eigenvalue weighted by molar-refractivity contribution is -0.139. The Morgan fingerprint density at radius 3 is 2.61 bits per heavy atom. The number of nitriles is 1. The fraction of sp³-hybridized carbons (Fsp3) is 0.200. The monoisotopic (exact) mass is 288 g/mol. The van der Waals surface area contributed by atoms with E-state index in [2.05, 4.69) is 0 Å². The summed E-state index contributed by atoms with van der Waals surface area (Å²) in [6.07, 6.45) is 0. The number of carboxylic acids is 1. The van der Waals surface area contributed by atoms with Gasteiger partial charge in [-0.15, -0.1) is 0 Å². The van der Waals surface area contributed by atoms with Crippen LogP contribution in [0, 0.1) is 11.3 Å². The third kappa shape index (κ3) is 3.70. The Labute approximate surface area is 109 Å². The van der Waals surface area contributed by atoms with Gasteiger partial charge in [-0.2, -0.15) is 9.98 Å². The minimum atomic E-state index is -3.99. The van der Waals surface area contributed by atoms with Crippen molar-refractivity contribution in [2.75, 3.05) is 5.75 Å². The number of benzene rings is 1. The van der Waals surface area contributed by atoms with Gasteiger partial charge in [0.1, 0.15) is 6.04 Å². The molecule has 96 valence electrons. The molecule has 0 fully saturated rings. The van der Waals surface area contributed by atoms with Crippen LogP contribution in [0.25, 0.3) is 0 Å². The molecule has 1 rings (SSSR count). The number of nitrogens with zero attached hydrogens (tertiary/aromatic N) is 1. The van der Waals surface area contributed by atoms with Gasteiger partial charge in [0.2, 0.25) is 10.0 Å². The molecule has 1 aromatic rings. The van der Waals surface area contributed by atoms with Gasteiger partial charge in [0.05, 0.1) is 6.07 Å². The van der Waals surface area contributed by atoms with Gasteiger partial charge < -0.3 is 5.11 Å². The summed E-state index contributed by atoms with van der Waals surface area (Å²) in [5.41, 5.74) is 0.119. The maximum absolute atomic E-state index is 11.4. The molecule has 0 unspecified atom stereocenters. The quantitative estimate of drug-likeness (QED) is 0.837. The second-order valence-corrected chi connectivity index (χ2v) is 5.49. The van der Waals surface area contributed by atoms with E-state index in [1.54, 1.807) is 6.07 Å². The van der Waals surface area contributed by atoms with Crippen LogP contribution in [-0.4, -0.2) is 25.2 Å². The van der Waals surface area contributed by atoms with E-state index in [0.717, 1.165) is 0 Å². The molecule has 8 heteroatoms. The van der Waals surface area contributed by atoms with Crippen LogP contribution >= 0.6 is 11.6 Å². The van der Waals surface area contributed by atoms with Crippen molar-refractivity contribution < 1.29 is 18.3 Å². The Bertz CT molecular complexity index is 594. The maximum Gasteiger partial charge on any atom is 0.326 e. The largest absolute Gasteiger partial charge is 0.480 e.